The lowest BCUT2D eigenvalue weighted by molar-refractivity contribution is 0.247. The molecule has 1 saturated heterocycles. The Morgan fingerprint density at radius 2 is 1.74 bits per heavy atom. The standard InChI is InChI=1S/C18H22N4.H2O/c1-14-12-15(6-7-19-14)16-2-5-18(20-13-16)22-10-8-21(9-11-22)17-3-4-17;/h2,5-7,12-13,17H,3-4,8-11H2,1H3;1H2. The average molecular weight is 312 g/mol. The minimum atomic E-state index is 0. The molecule has 23 heavy (non-hydrogen) atoms. The molecule has 5 nitrogen and oxygen atoms in total. The highest BCUT2D eigenvalue weighted by Gasteiger charge is 2.31. The van der Waals surface area contributed by atoms with Gasteiger partial charge in [0.25, 0.3) is 0 Å². The van der Waals surface area contributed by atoms with Crippen LogP contribution in [0, 0.1) is 6.92 Å². The molecule has 0 aromatic carbocycles. The second-order valence-electron chi connectivity index (χ2n) is 6.35. The molecule has 0 spiro atoms. The summed E-state index contributed by atoms with van der Waals surface area (Å²) in [6, 6.07) is 9.35. The van der Waals surface area contributed by atoms with Crippen molar-refractivity contribution >= 4 is 5.82 Å². The molecule has 0 radical (unpaired) electrons. The average Bonchev–Trinajstić information content (AvgIpc) is 3.40. The third-order valence-corrected chi connectivity index (χ3v) is 4.68. The normalized spacial score (nSPS) is 18.6. The van der Waals surface area contributed by atoms with Crippen LogP contribution in [0.1, 0.15) is 18.5 Å². The van der Waals surface area contributed by atoms with E-state index >= 15 is 0 Å². The second kappa shape index (κ2) is 6.64. The number of rotatable bonds is 3. The third-order valence-electron chi connectivity index (χ3n) is 4.68. The minimum absolute atomic E-state index is 0. The molecule has 4 rings (SSSR count). The third kappa shape index (κ3) is 3.51. The van der Waals surface area contributed by atoms with Crippen molar-refractivity contribution in [2.45, 2.75) is 25.8 Å². The van der Waals surface area contributed by atoms with Gasteiger partial charge in [-0.1, -0.05) is 0 Å². The van der Waals surface area contributed by atoms with E-state index in [1.165, 1.54) is 31.5 Å². The Balaban J connectivity index is 0.00000156. The summed E-state index contributed by atoms with van der Waals surface area (Å²) < 4.78 is 0. The first-order valence-electron chi connectivity index (χ1n) is 8.18. The zero-order valence-corrected chi connectivity index (χ0v) is 13.6. The number of piperazine rings is 1. The summed E-state index contributed by atoms with van der Waals surface area (Å²) in [4.78, 5) is 14.0. The number of anilines is 1. The predicted octanol–water partition coefficient (Wildman–Crippen LogP) is 1.91. The lowest BCUT2D eigenvalue weighted by Gasteiger charge is -2.35. The summed E-state index contributed by atoms with van der Waals surface area (Å²) in [5.41, 5.74) is 3.38. The number of hydrogen-bond acceptors (Lipinski definition) is 4. The molecule has 2 aromatic heterocycles. The van der Waals surface area contributed by atoms with E-state index in [0.717, 1.165) is 36.2 Å². The van der Waals surface area contributed by atoms with Crippen LogP contribution in [-0.2, 0) is 0 Å². The van der Waals surface area contributed by atoms with Crippen molar-refractivity contribution < 1.29 is 5.48 Å². The lowest BCUT2D eigenvalue weighted by atomic mass is 10.1. The first kappa shape index (κ1) is 15.9. The molecule has 2 aliphatic rings. The smallest absolute Gasteiger partial charge is 0.128 e. The summed E-state index contributed by atoms with van der Waals surface area (Å²) in [5.74, 6) is 1.10. The molecule has 1 aliphatic heterocycles. The van der Waals surface area contributed by atoms with Gasteiger partial charge in [-0.2, -0.15) is 0 Å². The van der Waals surface area contributed by atoms with Gasteiger partial charge in [-0.05, 0) is 49.6 Å². The fourth-order valence-corrected chi connectivity index (χ4v) is 3.22. The van der Waals surface area contributed by atoms with Gasteiger partial charge in [-0.25, -0.2) is 4.98 Å². The van der Waals surface area contributed by atoms with Crippen LogP contribution in [0.2, 0.25) is 0 Å². The van der Waals surface area contributed by atoms with Crippen LogP contribution in [0.4, 0.5) is 5.82 Å². The molecule has 2 fully saturated rings. The highest BCUT2D eigenvalue weighted by Crippen LogP contribution is 2.28. The molecule has 3 heterocycles. The predicted molar refractivity (Wildman–Crippen MR) is 92.6 cm³/mol. The van der Waals surface area contributed by atoms with E-state index in [-0.39, 0.29) is 5.48 Å². The summed E-state index contributed by atoms with van der Waals surface area (Å²) in [6.07, 6.45) is 6.64. The monoisotopic (exact) mass is 312 g/mol. The van der Waals surface area contributed by atoms with E-state index in [1.54, 1.807) is 0 Å². The van der Waals surface area contributed by atoms with E-state index in [1.807, 2.05) is 25.4 Å². The molecule has 2 N–H and O–H groups in total. The quantitative estimate of drug-likeness (QED) is 0.868. The molecule has 0 atom stereocenters. The highest BCUT2D eigenvalue weighted by molar-refractivity contribution is 5.63. The van der Waals surface area contributed by atoms with Gasteiger partial charge < -0.3 is 10.4 Å². The Bertz CT molecular complexity index is 646. The number of nitrogens with zero attached hydrogens (tertiary/aromatic N) is 4. The van der Waals surface area contributed by atoms with Gasteiger partial charge in [0.05, 0.1) is 0 Å². The molecule has 0 unspecified atom stereocenters. The number of pyridine rings is 2. The Morgan fingerprint density at radius 3 is 2.35 bits per heavy atom. The van der Waals surface area contributed by atoms with E-state index in [0.29, 0.717) is 0 Å². The van der Waals surface area contributed by atoms with Crippen LogP contribution in [0.25, 0.3) is 11.1 Å². The van der Waals surface area contributed by atoms with Gasteiger partial charge in [-0.15, -0.1) is 0 Å². The van der Waals surface area contributed by atoms with Crippen molar-refractivity contribution in [3.8, 4) is 11.1 Å². The molecule has 5 heteroatoms. The topological polar surface area (TPSA) is 63.8 Å². The first-order valence-corrected chi connectivity index (χ1v) is 8.18. The maximum atomic E-state index is 4.68. The van der Waals surface area contributed by atoms with Crippen LogP contribution in [0.15, 0.2) is 36.7 Å². The van der Waals surface area contributed by atoms with Crippen LogP contribution < -0.4 is 4.90 Å². The zero-order chi connectivity index (χ0) is 14.9. The Hall–Kier alpha value is -1.98. The fourth-order valence-electron chi connectivity index (χ4n) is 3.22. The van der Waals surface area contributed by atoms with Crippen LogP contribution in [-0.4, -0.2) is 52.6 Å². The molecule has 0 bridgehead atoms. The van der Waals surface area contributed by atoms with E-state index in [9.17, 15) is 0 Å². The highest BCUT2D eigenvalue weighted by atomic mass is 16.0. The number of hydrogen-bond donors (Lipinski definition) is 0. The molecular weight excluding hydrogens is 288 g/mol. The summed E-state index contributed by atoms with van der Waals surface area (Å²) in [6.45, 7) is 6.56. The Labute approximate surface area is 137 Å². The van der Waals surface area contributed by atoms with Crippen molar-refractivity contribution in [1.82, 2.24) is 14.9 Å². The minimum Gasteiger partial charge on any atom is -0.412 e. The van der Waals surface area contributed by atoms with Gasteiger partial charge in [0.2, 0.25) is 0 Å². The summed E-state index contributed by atoms with van der Waals surface area (Å²) in [5, 5.41) is 0. The van der Waals surface area contributed by atoms with Crippen LogP contribution >= 0.6 is 0 Å². The van der Waals surface area contributed by atoms with Crippen LogP contribution in [0.3, 0.4) is 0 Å². The lowest BCUT2D eigenvalue weighted by Crippen LogP contribution is -2.47. The van der Waals surface area contributed by atoms with Gasteiger partial charge in [0, 0.05) is 55.9 Å². The molecule has 122 valence electrons. The maximum absolute atomic E-state index is 4.68. The fraction of sp³-hybridized carbons (Fsp3) is 0.444. The van der Waals surface area contributed by atoms with Crippen molar-refractivity contribution in [1.29, 1.82) is 0 Å². The SMILES string of the molecule is Cc1cc(-c2ccc(N3CCN(C4CC4)CC3)nc2)ccn1.O. The molecule has 2 aromatic rings. The van der Waals surface area contributed by atoms with Crippen LogP contribution in [0.5, 0.6) is 0 Å². The number of aryl methyl sites for hydroxylation is 1. The molecular formula is C18H24N4O. The van der Waals surface area contributed by atoms with E-state index < -0.39 is 0 Å². The second-order valence-corrected chi connectivity index (χ2v) is 6.35. The van der Waals surface area contributed by atoms with Crippen molar-refractivity contribution in [3.63, 3.8) is 0 Å². The summed E-state index contributed by atoms with van der Waals surface area (Å²) >= 11 is 0. The van der Waals surface area contributed by atoms with Crippen molar-refractivity contribution in [3.05, 3.63) is 42.4 Å². The van der Waals surface area contributed by atoms with Gasteiger partial charge in [0.1, 0.15) is 5.82 Å². The van der Waals surface area contributed by atoms with Crippen molar-refractivity contribution in [2.24, 2.45) is 0 Å². The largest absolute Gasteiger partial charge is 0.412 e. The van der Waals surface area contributed by atoms with E-state index in [4.69, 9.17) is 0 Å². The van der Waals surface area contributed by atoms with Gasteiger partial charge in [-0.3, -0.25) is 9.88 Å². The first-order chi connectivity index (χ1) is 10.8. The van der Waals surface area contributed by atoms with Crippen molar-refractivity contribution in [2.75, 3.05) is 31.1 Å². The Kier molecular flexibility index (Phi) is 4.59. The van der Waals surface area contributed by atoms with Gasteiger partial charge >= 0.3 is 0 Å². The number of aromatic nitrogens is 2. The zero-order valence-electron chi connectivity index (χ0n) is 13.6. The maximum Gasteiger partial charge on any atom is 0.128 e. The molecule has 1 aliphatic carbocycles. The van der Waals surface area contributed by atoms with E-state index in [2.05, 4.69) is 38.0 Å². The van der Waals surface area contributed by atoms with Gasteiger partial charge in [0.15, 0.2) is 0 Å². The Morgan fingerprint density at radius 1 is 0.957 bits per heavy atom. The summed E-state index contributed by atoms with van der Waals surface area (Å²) in [7, 11) is 0. The molecule has 0 amide bonds. The molecule has 1 saturated carbocycles.